The average molecular weight is 236 g/mol. The van der Waals surface area contributed by atoms with Crippen molar-refractivity contribution in [2.24, 2.45) is 5.92 Å². The van der Waals surface area contributed by atoms with Crippen molar-refractivity contribution in [1.82, 2.24) is 0 Å². The number of benzene rings is 1. The van der Waals surface area contributed by atoms with Gasteiger partial charge in [0.15, 0.2) is 0 Å². The SMILES string of the molecule is CC(C)Cc1cc(F)cc(OC(F)(F)F)c1. The minimum absolute atomic E-state index is 0.237. The smallest absolute Gasteiger partial charge is 0.406 e. The van der Waals surface area contributed by atoms with Gasteiger partial charge < -0.3 is 4.74 Å². The van der Waals surface area contributed by atoms with Crippen LogP contribution in [0.1, 0.15) is 19.4 Å². The topological polar surface area (TPSA) is 9.23 Å². The van der Waals surface area contributed by atoms with E-state index in [2.05, 4.69) is 4.74 Å². The Balaban J connectivity index is 2.90. The molecule has 1 rings (SSSR count). The normalized spacial score (nSPS) is 11.9. The first kappa shape index (κ1) is 12.8. The number of hydrogen-bond donors (Lipinski definition) is 0. The summed E-state index contributed by atoms with van der Waals surface area (Å²) in [5.74, 6) is -0.999. The predicted molar refractivity (Wildman–Crippen MR) is 51.6 cm³/mol. The van der Waals surface area contributed by atoms with Gasteiger partial charge in [0.1, 0.15) is 11.6 Å². The quantitative estimate of drug-likeness (QED) is 0.722. The Labute approximate surface area is 91.0 Å². The number of hydrogen-bond acceptors (Lipinski definition) is 1. The molecule has 0 N–H and O–H groups in total. The lowest BCUT2D eigenvalue weighted by Gasteiger charge is -2.11. The van der Waals surface area contributed by atoms with Crippen LogP contribution in [0.2, 0.25) is 0 Å². The molecule has 0 bridgehead atoms. The van der Waals surface area contributed by atoms with E-state index in [9.17, 15) is 17.6 Å². The minimum atomic E-state index is -4.79. The first-order valence-electron chi connectivity index (χ1n) is 4.81. The summed E-state index contributed by atoms with van der Waals surface area (Å²) in [6, 6.07) is 3.14. The molecule has 16 heavy (non-hydrogen) atoms. The van der Waals surface area contributed by atoms with Crippen LogP contribution in [0.4, 0.5) is 17.6 Å². The maximum atomic E-state index is 13.0. The zero-order valence-electron chi connectivity index (χ0n) is 8.94. The van der Waals surface area contributed by atoms with Crippen LogP contribution in [0.5, 0.6) is 5.75 Å². The number of rotatable bonds is 3. The van der Waals surface area contributed by atoms with Gasteiger partial charge in [0.05, 0.1) is 0 Å². The first-order chi connectivity index (χ1) is 7.26. The van der Waals surface area contributed by atoms with E-state index in [0.29, 0.717) is 12.0 Å². The molecule has 1 nitrogen and oxygen atoms in total. The van der Waals surface area contributed by atoms with Crippen LogP contribution >= 0.6 is 0 Å². The van der Waals surface area contributed by atoms with E-state index in [1.807, 2.05) is 13.8 Å². The summed E-state index contributed by atoms with van der Waals surface area (Å²) in [7, 11) is 0. The molecule has 1 aromatic carbocycles. The molecule has 5 heteroatoms. The van der Waals surface area contributed by atoms with Gasteiger partial charge in [-0.3, -0.25) is 0 Å². The molecule has 0 saturated heterocycles. The molecule has 0 radical (unpaired) electrons. The highest BCUT2D eigenvalue weighted by atomic mass is 19.4. The molecule has 0 aliphatic heterocycles. The lowest BCUT2D eigenvalue weighted by atomic mass is 10.0. The summed E-state index contributed by atoms with van der Waals surface area (Å²) >= 11 is 0. The standard InChI is InChI=1S/C11H12F4O/c1-7(2)3-8-4-9(12)6-10(5-8)16-11(13,14)15/h4-7H,3H2,1-2H3. The summed E-state index contributed by atoms with van der Waals surface area (Å²) in [4.78, 5) is 0. The van der Waals surface area contributed by atoms with E-state index in [0.717, 1.165) is 6.07 Å². The van der Waals surface area contributed by atoms with Crippen molar-refractivity contribution in [3.05, 3.63) is 29.6 Å². The number of halogens is 4. The highest BCUT2D eigenvalue weighted by Crippen LogP contribution is 2.25. The summed E-state index contributed by atoms with van der Waals surface area (Å²) in [6.45, 7) is 3.80. The maximum Gasteiger partial charge on any atom is 0.573 e. The van der Waals surface area contributed by atoms with E-state index in [1.165, 1.54) is 12.1 Å². The first-order valence-corrected chi connectivity index (χ1v) is 4.81. The minimum Gasteiger partial charge on any atom is -0.406 e. The molecule has 1 aromatic rings. The van der Waals surface area contributed by atoms with Gasteiger partial charge in [-0.25, -0.2) is 4.39 Å². The van der Waals surface area contributed by atoms with Crippen LogP contribution in [0, 0.1) is 11.7 Å². The third-order valence-electron chi connectivity index (χ3n) is 1.81. The molecule has 0 amide bonds. The Bertz CT molecular complexity index is 357. The molecular formula is C11H12F4O. The van der Waals surface area contributed by atoms with E-state index >= 15 is 0 Å². The highest BCUT2D eigenvalue weighted by molar-refractivity contribution is 5.30. The van der Waals surface area contributed by atoms with Crippen molar-refractivity contribution in [2.45, 2.75) is 26.6 Å². The Hall–Kier alpha value is -1.26. The lowest BCUT2D eigenvalue weighted by Crippen LogP contribution is -2.17. The molecule has 0 heterocycles. The van der Waals surface area contributed by atoms with Gasteiger partial charge in [-0.15, -0.1) is 13.2 Å². The Morgan fingerprint density at radius 2 is 1.81 bits per heavy atom. The van der Waals surface area contributed by atoms with Crippen molar-refractivity contribution in [3.8, 4) is 5.75 Å². The third kappa shape index (κ3) is 4.51. The number of ether oxygens (including phenoxy) is 1. The van der Waals surface area contributed by atoms with E-state index in [4.69, 9.17) is 0 Å². The Kier molecular flexibility index (Phi) is 3.78. The van der Waals surface area contributed by atoms with Gasteiger partial charge in [-0.1, -0.05) is 13.8 Å². The monoisotopic (exact) mass is 236 g/mol. The predicted octanol–water partition coefficient (Wildman–Crippen LogP) is 3.92. The second kappa shape index (κ2) is 4.72. The van der Waals surface area contributed by atoms with Crippen molar-refractivity contribution in [2.75, 3.05) is 0 Å². The molecule has 90 valence electrons. The van der Waals surface area contributed by atoms with Crippen LogP contribution in [0.25, 0.3) is 0 Å². The van der Waals surface area contributed by atoms with Crippen molar-refractivity contribution < 1.29 is 22.3 Å². The van der Waals surface area contributed by atoms with Crippen LogP contribution in [-0.2, 0) is 6.42 Å². The van der Waals surface area contributed by atoms with Gasteiger partial charge in [0.25, 0.3) is 0 Å². The molecule has 0 atom stereocenters. The van der Waals surface area contributed by atoms with E-state index < -0.39 is 17.9 Å². The second-order valence-electron chi connectivity index (χ2n) is 3.94. The fourth-order valence-electron chi connectivity index (χ4n) is 1.40. The fraction of sp³-hybridized carbons (Fsp3) is 0.455. The summed E-state index contributed by atoms with van der Waals surface area (Å²) in [6.07, 6.45) is -4.28. The van der Waals surface area contributed by atoms with E-state index in [-0.39, 0.29) is 5.92 Å². The maximum absolute atomic E-state index is 13.0. The molecule has 0 unspecified atom stereocenters. The Morgan fingerprint density at radius 3 is 2.31 bits per heavy atom. The van der Waals surface area contributed by atoms with E-state index in [1.54, 1.807) is 0 Å². The van der Waals surface area contributed by atoms with Crippen LogP contribution in [-0.4, -0.2) is 6.36 Å². The molecule has 0 aliphatic carbocycles. The third-order valence-corrected chi connectivity index (χ3v) is 1.81. The molecule has 0 aliphatic rings. The second-order valence-corrected chi connectivity index (χ2v) is 3.94. The summed E-state index contributed by atoms with van der Waals surface area (Å²) in [5.41, 5.74) is 0.495. The van der Waals surface area contributed by atoms with Gasteiger partial charge in [0.2, 0.25) is 0 Å². The zero-order chi connectivity index (χ0) is 12.3. The van der Waals surface area contributed by atoms with Gasteiger partial charge in [-0.2, -0.15) is 0 Å². The summed E-state index contributed by atoms with van der Waals surface area (Å²) < 4.78 is 52.4. The van der Waals surface area contributed by atoms with Crippen LogP contribution in [0.15, 0.2) is 18.2 Å². The summed E-state index contributed by atoms with van der Waals surface area (Å²) in [5, 5.41) is 0. The van der Waals surface area contributed by atoms with Gasteiger partial charge in [-0.05, 0) is 30.0 Å². The molecule has 0 fully saturated rings. The van der Waals surface area contributed by atoms with Crippen LogP contribution < -0.4 is 4.74 Å². The molecule has 0 saturated carbocycles. The average Bonchev–Trinajstić information content (AvgIpc) is 1.96. The highest BCUT2D eigenvalue weighted by Gasteiger charge is 2.31. The largest absolute Gasteiger partial charge is 0.573 e. The van der Waals surface area contributed by atoms with Crippen LogP contribution in [0.3, 0.4) is 0 Å². The van der Waals surface area contributed by atoms with Crippen molar-refractivity contribution in [1.29, 1.82) is 0 Å². The Morgan fingerprint density at radius 1 is 1.19 bits per heavy atom. The molecule has 0 spiro atoms. The number of alkyl halides is 3. The molecule has 0 aromatic heterocycles. The fourth-order valence-corrected chi connectivity index (χ4v) is 1.40. The lowest BCUT2D eigenvalue weighted by molar-refractivity contribution is -0.274. The molecular weight excluding hydrogens is 224 g/mol. The van der Waals surface area contributed by atoms with Crippen molar-refractivity contribution >= 4 is 0 Å². The van der Waals surface area contributed by atoms with Gasteiger partial charge >= 0.3 is 6.36 Å². The van der Waals surface area contributed by atoms with Crippen molar-refractivity contribution in [3.63, 3.8) is 0 Å². The van der Waals surface area contributed by atoms with Gasteiger partial charge in [0, 0.05) is 6.07 Å². The zero-order valence-corrected chi connectivity index (χ0v) is 8.94.